The van der Waals surface area contributed by atoms with Gasteiger partial charge >= 0.3 is 0 Å². The molecule has 56 valence electrons. The molecular weight excluding hydrogens is 140 g/mol. The predicted molar refractivity (Wildman–Crippen MR) is 42.8 cm³/mol. The van der Waals surface area contributed by atoms with Crippen molar-refractivity contribution in [3.05, 3.63) is 39.1 Å². The molecule has 0 unspecified atom stereocenters. The second kappa shape index (κ2) is 2.59. The summed E-state index contributed by atoms with van der Waals surface area (Å²) in [6, 6.07) is 1.60. The van der Waals surface area contributed by atoms with E-state index in [-0.39, 0.29) is 11.2 Å². The van der Waals surface area contributed by atoms with Crippen molar-refractivity contribution in [2.45, 2.75) is 13.8 Å². The van der Waals surface area contributed by atoms with Crippen LogP contribution in [0.25, 0.3) is 4.85 Å². The molecule has 1 aromatic rings. The topological polar surface area (TPSA) is 37.2 Å². The summed E-state index contributed by atoms with van der Waals surface area (Å²) in [7, 11) is 0. The number of H-pyrrole nitrogens is 1. The zero-order valence-electron chi connectivity index (χ0n) is 6.43. The number of aryl methyl sites for hydroxylation is 2. The van der Waals surface area contributed by atoms with Crippen molar-refractivity contribution in [3.63, 3.8) is 0 Å². The minimum Gasteiger partial charge on any atom is -0.335 e. The summed E-state index contributed by atoms with van der Waals surface area (Å²) in [5.74, 6) is 0. The molecule has 0 aliphatic carbocycles. The Morgan fingerprint density at radius 1 is 1.55 bits per heavy atom. The largest absolute Gasteiger partial charge is 0.335 e. The lowest BCUT2D eigenvalue weighted by Gasteiger charge is -1.97. The Hall–Kier alpha value is -1.56. The number of pyridine rings is 1. The molecule has 1 aromatic heterocycles. The maximum absolute atomic E-state index is 11.0. The Balaban J connectivity index is 3.48. The van der Waals surface area contributed by atoms with Crippen LogP contribution in [0.4, 0.5) is 5.69 Å². The highest BCUT2D eigenvalue weighted by molar-refractivity contribution is 5.44. The molecule has 3 heteroatoms. The lowest BCUT2D eigenvalue weighted by molar-refractivity contribution is 1.11. The molecule has 0 aliphatic rings. The monoisotopic (exact) mass is 148 g/mol. The third-order valence-electron chi connectivity index (χ3n) is 1.60. The number of rotatable bonds is 0. The Morgan fingerprint density at radius 3 is 2.73 bits per heavy atom. The van der Waals surface area contributed by atoms with Gasteiger partial charge in [0.25, 0.3) is 11.2 Å². The molecule has 3 nitrogen and oxygen atoms in total. The van der Waals surface area contributed by atoms with Gasteiger partial charge in [-0.2, -0.15) is 0 Å². The van der Waals surface area contributed by atoms with E-state index < -0.39 is 0 Å². The zero-order valence-corrected chi connectivity index (χ0v) is 6.43. The number of nitrogens with one attached hydrogen (secondary N) is 1. The number of hydrogen-bond donors (Lipinski definition) is 1. The molecule has 0 aliphatic heterocycles. The van der Waals surface area contributed by atoms with Crippen molar-refractivity contribution < 1.29 is 0 Å². The van der Waals surface area contributed by atoms with Crippen LogP contribution < -0.4 is 5.56 Å². The summed E-state index contributed by atoms with van der Waals surface area (Å²) in [6.07, 6.45) is 0. The van der Waals surface area contributed by atoms with Crippen molar-refractivity contribution in [2.24, 2.45) is 0 Å². The second-order valence-electron chi connectivity index (χ2n) is 2.40. The molecule has 0 saturated heterocycles. The van der Waals surface area contributed by atoms with Gasteiger partial charge in [-0.1, -0.05) is 0 Å². The summed E-state index contributed by atoms with van der Waals surface area (Å²) in [5.41, 5.74) is 1.62. The van der Waals surface area contributed by atoms with Gasteiger partial charge in [-0.3, -0.25) is 4.79 Å². The summed E-state index contributed by atoms with van der Waals surface area (Å²) in [5, 5.41) is 0. The highest BCUT2D eigenvalue weighted by Gasteiger charge is 2.00. The molecule has 0 fully saturated rings. The van der Waals surface area contributed by atoms with Crippen molar-refractivity contribution in [1.29, 1.82) is 0 Å². The van der Waals surface area contributed by atoms with Crippen LogP contribution >= 0.6 is 0 Å². The third-order valence-corrected chi connectivity index (χ3v) is 1.60. The molecule has 0 atom stereocenters. The van der Waals surface area contributed by atoms with Gasteiger partial charge in [0.2, 0.25) is 0 Å². The zero-order chi connectivity index (χ0) is 8.43. The fourth-order valence-corrected chi connectivity index (χ4v) is 0.795. The molecule has 1 heterocycles. The molecule has 0 amide bonds. The average molecular weight is 148 g/mol. The van der Waals surface area contributed by atoms with E-state index in [4.69, 9.17) is 6.57 Å². The van der Waals surface area contributed by atoms with Crippen molar-refractivity contribution in [2.75, 3.05) is 0 Å². The first-order chi connectivity index (χ1) is 5.15. The van der Waals surface area contributed by atoms with E-state index in [2.05, 4.69) is 9.83 Å². The van der Waals surface area contributed by atoms with Crippen molar-refractivity contribution in [3.8, 4) is 0 Å². The quantitative estimate of drug-likeness (QED) is 0.557. The van der Waals surface area contributed by atoms with Crippen LogP contribution in [0.2, 0.25) is 0 Å². The second-order valence-corrected chi connectivity index (χ2v) is 2.40. The fraction of sp³-hybridized carbons (Fsp3) is 0.250. The van der Waals surface area contributed by atoms with Crippen molar-refractivity contribution >= 4 is 5.69 Å². The van der Waals surface area contributed by atoms with E-state index in [1.807, 2.05) is 13.8 Å². The SMILES string of the molecule is [C-]#[N+]c1cc(C)c(C)[nH]c1=O. The highest BCUT2D eigenvalue weighted by atomic mass is 16.1. The number of hydrogen-bond acceptors (Lipinski definition) is 1. The lowest BCUT2D eigenvalue weighted by Crippen LogP contribution is -2.06. The van der Waals surface area contributed by atoms with Gasteiger partial charge in [0.1, 0.15) is 0 Å². The smallest absolute Gasteiger partial charge is 0.254 e. The van der Waals surface area contributed by atoms with Crippen molar-refractivity contribution in [1.82, 2.24) is 4.98 Å². The van der Waals surface area contributed by atoms with Gasteiger partial charge < -0.3 is 4.98 Å². The normalized spacial score (nSPS) is 9.18. The molecule has 0 bridgehead atoms. The molecule has 1 rings (SSSR count). The minimum absolute atomic E-state index is 0.160. The molecule has 0 spiro atoms. The van der Waals surface area contributed by atoms with Crippen LogP contribution in [-0.2, 0) is 0 Å². The third kappa shape index (κ3) is 1.30. The van der Waals surface area contributed by atoms with Gasteiger partial charge in [0, 0.05) is 5.69 Å². The first kappa shape index (κ1) is 7.55. The molecule has 11 heavy (non-hydrogen) atoms. The number of nitrogens with zero attached hydrogens (tertiary/aromatic N) is 1. The Kier molecular flexibility index (Phi) is 1.77. The van der Waals surface area contributed by atoms with Gasteiger partial charge in [-0.25, -0.2) is 4.85 Å². The molecule has 0 saturated carbocycles. The molecular formula is C8H8N2O. The van der Waals surface area contributed by atoms with E-state index in [0.29, 0.717) is 0 Å². The first-order valence-electron chi connectivity index (χ1n) is 3.23. The van der Waals surface area contributed by atoms with Crippen LogP contribution in [0.3, 0.4) is 0 Å². The minimum atomic E-state index is -0.303. The Morgan fingerprint density at radius 2 is 2.18 bits per heavy atom. The van der Waals surface area contributed by atoms with Gasteiger partial charge in [-0.05, 0) is 25.5 Å². The highest BCUT2D eigenvalue weighted by Crippen LogP contribution is 2.08. The van der Waals surface area contributed by atoms with E-state index in [9.17, 15) is 4.79 Å². The van der Waals surface area contributed by atoms with Crippen LogP contribution in [-0.4, -0.2) is 4.98 Å². The molecule has 0 aromatic carbocycles. The molecule has 1 N–H and O–H groups in total. The first-order valence-corrected chi connectivity index (χ1v) is 3.23. The summed E-state index contributed by atoms with van der Waals surface area (Å²) in [6.45, 7) is 10.3. The summed E-state index contributed by atoms with van der Waals surface area (Å²) in [4.78, 5) is 16.6. The average Bonchev–Trinajstić information content (AvgIpc) is 1.97. The Bertz CT molecular complexity index is 371. The summed E-state index contributed by atoms with van der Waals surface area (Å²) >= 11 is 0. The number of aromatic nitrogens is 1. The maximum Gasteiger partial charge on any atom is 0.254 e. The van der Waals surface area contributed by atoms with E-state index in [1.165, 1.54) is 0 Å². The van der Waals surface area contributed by atoms with E-state index in [1.54, 1.807) is 6.07 Å². The van der Waals surface area contributed by atoms with E-state index >= 15 is 0 Å². The van der Waals surface area contributed by atoms with Gasteiger partial charge in [0.05, 0.1) is 6.57 Å². The van der Waals surface area contributed by atoms with Crippen LogP contribution in [0.5, 0.6) is 0 Å². The van der Waals surface area contributed by atoms with Crippen LogP contribution in [0.1, 0.15) is 11.3 Å². The number of aromatic amines is 1. The standard InChI is InChI=1S/C8H8N2O/c1-5-4-7(9-3)8(11)10-6(5)2/h4H,1-2H3,(H,10,11). The fourth-order valence-electron chi connectivity index (χ4n) is 0.795. The van der Waals surface area contributed by atoms with Gasteiger partial charge in [-0.15, -0.1) is 0 Å². The predicted octanol–water partition coefficient (Wildman–Crippen LogP) is 1.54. The van der Waals surface area contributed by atoms with Crippen LogP contribution in [0, 0.1) is 20.4 Å². The summed E-state index contributed by atoms with van der Waals surface area (Å²) < 4.78 is 0. The van der Waals surface area contributed by atoms with E-state index in [0.717, 1.165) is 11.3 Å². The van der Waals surface area contributed by atoms with Gasteiger partial charge in [0.15, 0.2) is 0 Å². The maximum atomic E-state index is 11.0. The molecule has 0 radical (unpaired) electrons. The van der Waals surface area contributed by atoms with Crippen LogP contribution in [0.15, 0.2) is 10.9 Å². The Labute approximate surface area is 64.5 Å². The lowest BCUT2D eigenvalue weighted by atomic mass is 10.2.